The standard InChI is InChI=1S/C21H31N3O2/c1-5-19-15(3)18-11-14(2)10-17(20(18)23-19)12-22-21(25)16-6-7-24(13-16)8-9-26-4/h10-11,16,23H,5-9,12-13H2,1-4H3,(H,22,25). The number of hydrogen-bond acceptors (Lipinski definition) is 3. The third kappa shape index (κ3) is 3.94. The zero-order valence-electron chi connectivity index (χ0n) is 16.4. The monoisotopic (exact) mass is 357 g/mol. The average molecular weight is 357 g/mol. The molecule has 26 heavy (non-hydrogen) atoms. The molecule has 1 amide bonds. The molecule has 1 aromatic carbocycles. The number of ether oxygens (including phenoxy) is 1. The molecule has 2 N–H and O–H groups in total. The van der Waals surface area contributed by atoms with Gasteiger partial charge in [0.2, 0.25) is 5.91 Å². The smallest absolute Gasteiger partial charge is 0.224 e. The molecule has 0 aliphatic carbocycles. The minimum absolute atomic E-state index is 0.0868. The Morgan fingerprint density at radius 2 is 2.19 bits per heavy atom. The third-order valence-corrected chi connectivity index (χ3v) is 5.56. The van der Waals surface area contributed by atoms with Gasteiger partial charge in [0.25, 0.3) is 0 Å². The molecule has 0 saturated carbocycles. The van der Waals surface area contributed by atoms with E-state index in [-0.39, 0.29) is 11.8 Å². The van der Waals surface area contributed by atoms with E-state index in [0.29, 0.717) is 6.54 Å². The number of H-pyrrole nitrogens is 1. The fourth-order valence-electron chi connectivity index (χ4n) is 4.00. The summed E-state index contributed by atoms with van der Waals surface area (Å²) in [7, 11) is 1.72. The number of hydrogen-bond donors (Lipinski definition) is 2. The molecule has 142 valence electrons. The number of benzene rings is 1. The lowest BCUT2D eigenvalue weighted by atomic mass is 10.0. The van der Waals surface area contributed by atoms with Gasteiger partial charge in [-0.3, -0.25) is 4.79 Å². The van der Waals surface area contributed by atoms with Crippen LogP contribution in [0.25, 0.3) is 10.9 Å². The van der Waals surface area contributed by atoms with Gasteiger partial charge in [-0.05, 0) is 50.4 Å². The highest BCUT2D eigenvalue weighted by Gasteiger charge is 2.27. The number of methoxy groups -OCH3 is 1. The van der Waals surface area contributed by atoms with E-state index in [0.717, 1.165) is 39.1 Å². The number of likely N-dealkylation sites (tertiary alicyclic amines) is 1. The first kappa shape index (κ1) is 18.9. The van der Waals surface area contributed by atoms with Crippen LogP contribution in [0.15, 0.2) is 12.1 Å². The molecule has 1 aliphatic rings. The van der Waals surface area contributed by atoms with Gasteiger partial charge in [0.05, 0.1) is 18.0 Å². The first-order chi connectivity index (χ1) is 12.5. The summed E-state index contributed by atoms with van der Waals surface area (Å²) >= 11 is 0. The summed E-state index contributed by atoms with van der Waals surface area (Å²) in [6.07, 6.45) is 1.92. The van der Waals surface area contributed by atoms with Gasteiger partial charge in [0.15, 0.2) is 0 Å². The minimum atomic E-state index is 0.0868. The van der Waals surface area contributed by atoms with Gasteiger partial charge in [-0.2, -0.15) is 0 Å². The molecular formula is C21H31N3O2. The van der Waals surface area contributed by atoms with E-state index in [1.165, 1.54) is 33.3 Å². The molecule has 1 saturated heterocycles. The maximum atomic E-state index is 12.6. The van der Waals surface area contributed by atoms with Crippen molar-refractivity contribution in [3.8, 4) is 0 Å². The zero-order valence-corrected chi connectivity index (χ0v) is 16.4. The first-order valence-electron chi connectivity index (χ1n) is 9.63. The molecular weight excluding hydrogens is 326 g/mol. The van der Waals surface area contributed by atoms with Crippen molar-refractivity contribution in [2.45, 2.75) is 40.2 Å². The Balaban J connectivity index is 1.67. The molecule has 5 heteroatoms. The second kappa shape index (κ2) is 8.23. The number of amides is 1. The number of carbonyl (C=O) groups is 1. The molecule has 0 radical (unpaired) electrons. The highest BCUT2D eigenvalue weighted by molar-refractivity contribution is 5.88. The van der Waals surface area contributed by atoms with Crippen LogP contribution in [-0.2, 0) is 22.5 Å². The fourth-order valence-corrected chi connectivity index (χ4v) is 4.00. The van der Waals surface area contributed by atoms with Crippen LogP contribution in [-0.4, -0.2) is 49.1 Å². The summed E-state index contributed by atoms with van der Waals surface area (Å²) < 4.78 is 5.13. The molecule has 3 rings (SSSR count). The summed E-state index contributed by atoms with van der Waals surface area (Å²) in [6, 6.07) is 4.41. The molecule has 1 fully saturated rings. The minimum Gasteiger partial charge on any atom is -0.383 e. The maximum Gasteiger partial charge on any atom is 0.224 e. The van der Waals surface area contributed by atoms with Gasteiger partial charge in [-0.25, -0.2) is 0 Å². The van der Waals surface area contributed by atoms with Crippen molar-refractivity contribution in [3.05, 3.63) is 34.5 Å². The Hall–Kier alpha value is -1.85. The molecule has 5 nitrogen and oxygen atoms in total. The van der Waals surface area contributed by atoms with Crippen LogP contribution < -0.4 is 5.32 Å². The van der Waals surface area contributed by atoms with E-state index in [2.05, 4.69) is 48.1 Å². The van der Waals surface area contributed by atoms with Crippen molar-refractivity contribution in [2.75, 3.05) is 33.4 Å². The van der Waals surface area contributed by atoms with Gasteiger partial charge in [-0.1, -0.05) is 18.6 Å². The third-order valence-electron chi connectivity index (χ3n) is 5.56. The molecule has 0 spiro atoms. The summed E-state index contributed by atoms with van der Waals surface area (Å²) in [4.78, 5) is 18.5. The van der Waals surface area contributed by atoms with Crippen molar-refractivity contribution < 1.29 is 9.53 Å². The predicted octanol–water partition coefficient (Wildman–Crippen LogP) is 2.93. The van der Waals surface area contributed by atoms with Gasteiger partial charge < -0.3 is 19.9 Å². The lowest BCUT2D eigenvalue weighted by molar-refractivity contribution is -0.124. The lowest BCUT2D eigenvalue weighted by Crippen LogP contribution is -2.33. The number of rotatable bonds is 7. The van der Waals surface area contributed by atoms with Crippen molar-refractivity contribution in [3.63, 3.8) is 0 Å². The zero-order chi connectivity index (χ0) is 18.7. The van der Waals surface area contributed by atoms with Crippen molar-refractivity contribution in [1.29, 1.82) is 0 Å². The Labute approximate surface area is 156 Å². The lowest BCUT2D eigenvalue weighted by Gasteiger charge is -2.15. The normalized spacial score (nSPS) is 17.9. The number of nitrogens with zero attached hydrogens (tertiary/aromatic N) is 1. The number of nitrogens with one attached hydrogen (secondary N) is 2. The molecule has 1 aromatic heterocycles. The molecule has 1 aliphatic heterocycles. The second-order valence-electron chi connectivity index (χ2n) is 7.43. The SMILES string of the molecule is CCc1[nH]c2c(CNC(=O)C3CCN(CCOC)C3)cc(C)cc2c1C. The maximum absolute atomic E-state index is 12.6. The Kier molecular flexibility index (Phi) is 5.99. The summed E-state index contributed by atoms with van der Waals surface area (Å²) in [5.74, 6) is 0.252. The Bertz CT molecular complexity index is 781. The largest absolute Gasteiger partial charge is 0.383 e. The molecule has 2 heterocycles. The number of carbonyl (C=O) groups excluding carboxylic acids is 1. The molecule has 1 unspecified atom stereocenters. The molecule has 1 atom stereocenters. The van der Waals surface area contributed by atoms with Crippen LogP contribution >= 0.6 is 0 Å². The van der Waals surface area contributed by atoms with Crippen LogP contribution in [0.1, 0.15) is 35.7 Å². The van der Waals surface area contributed by atoms with E-state index in [1.54, 1.807) is 7.11 Å². The Morgan fingerprint density at radius 3 is 2.92 bits per heavy atom. The first-order valence-corrected chi connectivity index (χ1v) is 9.63. The van der Waals surface area contributed by atoms with Gasteiger partial charge in [0.1, 0.15) is 0 Å². The summed E-state index contributed by atoms with van der Waals surface area (Å²) in [6.45, 7) is 10.5. The molecule has 2 aromatic rings. The number of aromatic nitrogens is 1. The van der Waals surface area contributed by atoms with E-state index in [1.807, 2.05) is 0 Å². The van der Waals surface area contributed by atoms with Crippen LogP contribution in [0.2, 0.25) is 0 Å². The Morgan fingerprint density at radius 1 is 1.38 bits per heavy atom. The van der Waals surface area contributed by atoms with Crippen molar-refractivity contribution >= 4 is 16.8 Å². The average Bonchev–Trinajstić information content (AvgIpc) is 3.23. The highest BCUT2D eigenvalue weighted by Crippen LogP contribution is 2.27. The number of aryl methyl sites for hydroxylation is 3. The number of aromatic amines is 1. The van der Waals surface area contributed by atoms with Crippen molar-refractivity contribution in [1.82, 2.24) is 15.2 Å². The van der Waals surface area contributed by atoms with E-state index >= 15 is 0 Å². The van der Waals surface area contributed by atoms with E-state index in [9.17, 15) is 4.79 Å². The van der Waals surface area contributed by atoms with E-state index < -0.39 is 0 Å². The van der Waals surface area contributed by atoms with Crippen LogP contribution in [0.4, 0.5) is 0 Å². The highest BCUT2D eigenvalue weighted by atomic mass is 16.5. The fraction of sp³-hybridized carbons (Fsp3) is 0.571. The van der Waals surface area contributed by atoms with Gasteiger partial charge >= 0.3 is 0 Å². The van der Waals surface area contributed by atoms with E-state index in [4.69, 9.17) is 4.74 Å². The van der Waals surface area contributed by atoms with Gasteiger partial charge in [-0.15, -0.1) is 0 Å². The summed E-state index contributed by atoms with van der Waals surface area (Å²) in [5, 5.41) is 4.44. The topological polar surface area (TPSA) is 57.4 Å². The van der Waals surface area contributed by atoms with Crippen LogP contribution in [0, 0.1) is 19.8 Å². The van der Waals surface area contributed by atoms with Gasteiger partial charge in [0, 0.05) is 37.8 Å². The quantitative estimate of drug-likeness (QED) is 0.801. The van der Waals surface area contributed by atoms with Crippen LogP contribution in [0.3, 0.4) is 0 Å². The summed E-state index contributed by atoms with van der Waals surface area (Å²) in [5.41, 5.74) is 6.17. The second-order valence-corrected chi connectivity index (χ2v) is 7.43. The predicted molar refractivity (Wildman–Crippen MR) is 105 cm³/mol. The van der Waals surface area contributed by atoms with Crippen molar-refractivity contribution in [2.24, 2.45) is 5.92 Å². The van der Waals surface area contributed by atoms with Crippen LogP contribution in [0.5, 0.6) is 0 Å². The molecule has 0 bridgehead atoms. The number of fused-ring (bicyclic) bond motifs is 1.